The van der Waals surface area contributed by atoms with Crippen molar-refractivity contribution in [3.05, 3.63) is 64.7 Å². The number of halogens is 1. The SMILES string of the molecule is COc1ccc(CCS(=O)(=O)NC[C@@H](OC)c2ccccc2Cl)cc1. The lowest BCUT2D eigenvalue weighted by molar-refractivity contribution is 0.107. The predicted molar refractivity (Wildman–Crippen MR) is 99.7 cm³/mol. The van der Waals surface area contributed by atoms with E-state index in [1.165, 1.54) is 7.11 Å². The predicted octanol–water partition coefficient (Wildman–Crippen LogP) is 3.20. The molecule has 0 aliphatic carbocycles. The van der Waals surface area contributed by atoms with Crippen molar-refractivity contribution in [2.45, 2.75) is 12.5 Å². The van der Waals surface area contributed by atoms with Crippen LogP contribution < -0.4 is 9.46 Å². The molecule has 0 spiro atoms. The van der Waals surface area contributed by atoms with Gasteiger partial charge in [-0.3, -0.25) is 0 Å². The summed E-state index contributed by atoms with van der Waals surface area (Å²) in [6.45, 7) is 0.130. The maximum absolute atomic E-state index is 12.2. The van der Waals surface area contributed by atoms with E-state index < -0.39 is 16.1 Å². The summed E-state index contributed by atoms with van der Waals surface area (Å²) >= 11 is 6.15. The lowest BCUT2D eigenvalue weighted by Gasteiger charge is -2.18. The van der Waals surface area contributed by atoms with Gasteiger partial charge in [0.1, 0.15) is 5.75 Å². The Morgan fingerprint density at radius 3 is 2.36 bits per heavy atom. The van der Waals surface area contributed by atoms with Crippen LogP contribution in [0.2, 0.25) is 5.02 Å². The van der Waals surface area contributed by atoms with E-state index in [0.717, 1.165) is 16.9 Å². The molecule has 0 aliphatic rings. The summed E-state index contributed by atoms with van der Waals surface area (Å²) in [4.78, 5) is 0. The van der Waals surface area contributed by atoms with Gasteiger partial charge < -0.3 is 9.47 Å². The lowest BCUT2D eigenvalue weighted by Crippen LogP contribution is -2.31. The van der Waals surface area contributed by atoms with Crippen molar-refractivity contribution < 1.29 is 17.9 Å². The van der Waals surface area contributed by atoms with Gasteiger partial charge in [0.25, 0.3) is 0 Å². The van der Waals surface area contributed by atoms with Crippen LogP contribution in [0.1, 0.15) is 17.2 Å². The average Bonchev–Trinajstić information content (AvgIpc) is 2.62. The van der Waals surface area contributed by atoms with Gasteiger partial charge >= 0.3 is 0 Å². The molecule has 2 aromatic carbocycles. The van der Waals surface area contributed by atoms with Gasteiger partial charge in [0.05, 0.1) is 19.0 Å². The number of nitrogens with one attached hydrogen (secondary N) is 1. The Bertz CT molecular complexity index is 778. The number of hydrogen-bond donors (Lipinski definition) is 1. The zero-order chi connectivity index (χ0) is 18.3. The smallest absolute Gasteiger partial charge is 0.212 e. The largest absolute Gasteiger partial charge is 0.497 e. The summed E-state index contributed by atoms with van der Waals surface area (Å²) in [7, 11) is -0.307. The van der Waals surface area contributed by atoms with E-state index >= 15 is 0 Å². The van der Waals surface area contributed by atoms with Crippen molar-refractivity contribution in [1.82, 2.24) is 4.72 Å². The molecule has 0 saturated heterocycles. The van der Waals surface area contributed by atoms with Crippen LogP contribution in [0.15, 0.2) is 48.5 Å². The van der Waals surface area contributed by atoms with Crippen LogP contribution in [0.4, 0.5) is 0 Å². The second-order valence-electron chi connectivity index (χ2n) is 5.51. The minimum Gasteiger partial charge on any atom is -0.497 e. The Morgan fingerprint density at radius 1 is 1.08 bits per heavy atom. The minimum atomic E-state index is -3.43. The molecule has 0 amide bonds. The molecule has 5 nitrogen and oxygen atoms in total. The molecule has 7 heteroatoms. The van der Waals surface area contributed by atoms with Gasteiger partial charge in [-0.2, -0.15) is 0 Å². The number of rotatable bonds is 9. The first kappa shape index (κ1) is 19.7. The summed E-state index contributed by atoms with van der Waals surface area (Å²) in [5.41, 5.74) is 1.69. The fourth-order valence-electron chi connectivity index (χ4n) is 2.38. The zero-order valence-electron chi connectivity index (χ0n) is 14.2. The Labute approximate surface area is 154 Å². The van der Waals surface area contributed by atoms with Crippen LogP contribution in [-0.4, -0.2) is 34.9 Å². The molecule has 1 atom stereocenters. The summed E-state index contributed by atoms with van der Waals surface area (Å²) in [6.07, 6.45) is -0.0206. The van der Waals surface area contributed by atoms with Gasteiger partial charge in [0, 0.05) is 24.2 Å². The van der Waals surface area contributed by atoms with Gasteiger partial charge in [0.2, 0.25) is 10.0 Å². The van der Waals surface area contributed by atoms with Crippen LogP contribution in [-0.2, 0) is 21.2 Å². The number of methoxy groups -OCH3 is 2. The Morgan fingerprint density at radius 2 is 1.76 bits per heavy atom. The molecule has 0 heterocycles. The van der Waals surface area contributed by atoms with Crippen molar-refractivity contribution in [2.75, 3.05) is 26.5 Å². The van der Waals surface area contributed by atoms with Crippen LogP contribution in [0.25, 0.3) is 0 Å². The topological polar surface area (TPSA) is 64.6 Å². The van der Waals surface area contributed by atoms with E-state index in [4.69, 9.17) is 21.1 Å². The van der Waals surface area contributed by atoms with Crippen molar-refractivity contribution in [1.29, 1.82) is 0 Å². The highest BCUT2D eigenvalue weighted by Crippen LogP contribution is 2.24. The van der Waals surface area contributed by atoms with Crippen LogP contribution >= 0.6 is 11.6 Å². The third-order valence-electron chi connectivity index (χ3n) is 3.84. The molecule has 0 unspecified atom stereocenters. The van der Waals surface area contributed by atoms with Crippen LogP contribution in [0.5, 0.6) is 5.75 Å². The first-order valence-electron chi connectivity index (χ1n) is 7.82. The highest BCUT2D eigenvalue weighted by molar-refractivity contribution is 7.89. The van der Waals surface area contributed by atoms with Crippen molar-refractivity contribution in [2.24, 2.45) is 0 Å². The van der Waals surface area contributed by atoms with E-state index in [-0.39, 0.29) is 12.3 Å². The van der Waals surface area contributed by atoms with Crippen LogP contribution in [0, 0.1) is 0 Å². The molecule has 136 valence electrons. The normalized spacial score (nSPS) is 12.8. The molecule has 2 aromatic rings. The second kappa shape index (κ2) is 9.20. The molecule has 0 radical (unpaired) electrons. The first-order valence-corrected chi connectivity index (χ1v) is 9.85. The van der Waals surface area contributed by atoms with Gasteiger partial charge in [-0.15, -0.1) is 0 Å². The standard InChI is InChI=1S/C18H22ClNO4S/c1-23-15-9-7-14(8-10-15)11-12-25(21,22)20-13-18(24-2)16-5-3-4-6-17(16)19/h3-10,18,20H,11-13H2,1-2H3/t18-/m1/s1. The summed E-state index contributed by atoms with van der Waals surface area (Å²) < 4.78 is 37.5. The van der Waals surface area contributed by atoms with Crippen molar-refractivity contribution in [3.63, 3.8) is 0 Å². The molecule has 1 N–H and O–H groups in total. The zero-order valence-corrected chi connectivity index (χ0v) is 15.8. The first-order chi connectivity index (χ1) is 11.9. The van der Waals surface area contributed by atoms with Crippen molar-refractivity contribution in [3.8, 4) is 5.75 Å². The van der Waals surface area contributed by atoms with E-state index in [0.29, 0.717) is 11.4 Å². The highest BCUT2D eigenvalue weighted by atomic mass is 35.5. The fourth-order valence-corrected chi connectivity index (χ4v) is 3.69. The molecule has 0 fully saturated rings. The van der Waals surface area contributed by atoms with Crippen LogP contribution in [0.3, 0.4) is 0 Å². The quantitative estimate of drug-likeness (QED) is 0.722. The van der Waals surface area contributed by atoms with Gasteiger partial charge in [0.15, 0.2) is 0 Å². The monoisotopic (exact) mass is 383 g/mol. The number of aryl methyl sites for hydroxylation is 1. The number of ether oxygens (including phenoxy) is 2. The maximum atomic E-state index is 12.2. The minimum absolute atomic E-state index is 0.00170. The maximum Gasteiger partial charge on any atom is 0.212 e. The summed E-state index contributed by atoms with van der Waals surface area (Å²) in [5.74, 6) is 0.741. The molecule has 0 aromatic heterocycles. The second-order valence-corrected chi connectivity index (χ2v) is 7.84. The molecule has 25 heavy (non-hydrogen) atoms. The average molecular weight is 384 g/mol. The lowest BCUT2D eigenvalue weighted by atomic mass is 10.1. The number of hydrogen-bond acceptors (Lipinski definition) is 4. The molecule has 0 saturated carbocycles. The summed E-state index contributed by atoms with van der Waals surface area (Å²) in [6, 6.07) is 14.6. The fraction of sp³-hybridized carbons (Fsp3) is 0.333. The van der Waals surface area contributed by atoms with Gasteiger partial charge in [-0.25, -0.2) is 13.1 Å². The highest BCUT2D eigenvalue weighted by Gasteiger charge is 2.18. The number of benzene rings is 2. The Hall–Kier alpha value is -1.60. The summed E-state index contributed by atoms with van der Waals surface area (Å²) in [5, 5.41) is 0.548. The molecule has 0 bridgehead atoms. The molecular formula is C18H22ClNO4S. The third-order valence-corrected chi connectivity index (χ3v) is 5.54. The van der Waals surface area contributed by atoms with E-state index in [1.54, 1.807) is 13.2 Å². The molecule has 0 aliphatic heterocycles. The van der Waals surface area contributed by atoms with Crippen molar-refractivity contribution >= 4 is 21.6 Å². The van der Waals surface area contributed by atoms with Gasteiger partial charge in [-0.05, 0) is 30.2 Å². The Balaban J connectivity index is 1.92. The third kappa shape index (κ3) is 6.01. The number of sulfonamides is 1. The van der Waals surface area contributed by atoms with E-state index in [1.807, 2.05) is 42.5 Å². The van der Waals surface area contributed by atoms with Gasteiger partial charge in [-0.1, -0.05) is 41.9 Å². The molecule has 2 rings (SSSR count). The molecular weight excluding hydrogens is 362 g/mol. The van der Waals surface area contributed by atoms with E-state index in [9.17, 15) is 8.42 Å². The Kier molecular flexibility index (Phi) is 7.25. The van der Waals surface area contributed by atoms with E-state index in [2.05, 4.69) is 4.72 Å².